The highest BCUT2D eigenvalue weighted by Crippen LogP contribution is 2.34. The number of thioether (sulfide) groups is 1. The lowest BCUT2D eigenvalue weighted by molar-refractivity contribution is -0.123. The van der Waals surface area contributed by atoms with Crippen LogP contribution in [-0.2, 0) is 11.3 Å². The van der Waals surface area contributed by atoms with Gasteiger partial charge in [0.25, 0.3) is 11.1 Å². The van der Waals surface area contributed by atoms with Crippen LogP contribution in [-0.4, -0.2) is 16.0 Å². The van der Waals surface area contributed by atoms with Crippen molar-refractivity contribution in [3.05, 3.63) is 75.1 Å². The predicted octanol–water partition coefficient (Wildman–Crippen LogP) is 4.45. The average Bonchev–Trinajstić information content (AvgIpc) is 2.85. The summed E-state index contributed by atoms with van der Waals surface area (Å²) in [5, 5.41) is 9.00. The molecule has 0 atom stereocenters. The summed E-state index contributed by atoms with van der Waals surface area (Å²) in [6.45, 7) is 0.148. The van der Waals surface area contributed by atoms with Gasteiger partial charge in [-0.3, -0.25) is 14.5 Å². The quantitative estimate of drug-likeness (QED) is 0.764. The molecule has 4 nitrogen and oxygen atoms in total. The zero-order chi connectivity index (χ0) is 17.1. The Labute approximate surface area is 148 Å². The molecule has 1 saturated heterocycles. The van der Waals surface area contributed by atoms with Crippen molar-refractivity contribution in [3.63, 3.8) is 0 Å². The molecule has 0 bridgehead atoms. The molecule has 2 aromatic rings. The first-order chi connectivity index (χ1) is 11.6. The third-order valence-electron chi connectivity index (χ3n) is 3.50. The molecular weight excluding hydrogens is 344 g/mol. The highest BCUT2D eigenvalue weighted by molar-refractivity contribution is 8.18. The first kappa shape index (κ1) is 16.3. The Kier molecular flexibility index (Phi) is 4.70. The van der Waals surface area contributed by atoms with Crippen LogP contribution in [0.2, 0.25) is 5.02 Å². The van der Waals surface area contributed by atoms with E-state index in [0.717, 1.165) is 22.9 Å². The fourth-order valence-corrected chi connectivity index (χ4v) is 3.27. The van der Waals surface area contributed by atoms with Crippen molar-refractivity contribution < 1.29 is 9.59 Å². The largest absolute Gasteiger partial charge is 0.293 e. The third-order valence-corrected chi connectivity index (χ3v) is 4.77. The molecular formula is C18H11ClN2O2S. The van der Waals surface area contributed by atoms with E-state index in [2.05, 4.69) is 0 Å². The second kappa shape index (κ2) is 6.91. The molecule has 0 N–H and O–H groups in total. The molecule has 1 aliphatic rings. The normalized spacial score (nSPS) is 15.8. The van der Waals surface area contributed by atoms with E-state index in [-0.39, 0.29) is 17.7 Å². The number of imide groups is 1. The molecule has 0 radical (unpaired) electrons. The Balaban J connectivity index is 1.82. The third kappa shape index (κ3) is 3.35. The molecule has 0 saturated carbocycles. The Bertz CT molecular complexity index is 885. The maximum absolute atomic E-state index is 12.5. The van der Waals surface area contributed by atoms with Crippen LogP contribution in [0.5, 0.6) is 0 Å². The van der Waals surface area contributed by atoms with Crippen molar-refractivity contribution >= 4 is 40.6 Å². The van der Waals surface area contributed by atoms with E-state index in [1.54, 1.807) is 48.5 Å². The van der Waals surface area contributed by atoms with Crippen LogP contribution in [0.3, 0.4) is 0 Å². The van der Waals surface area contributed by atoms with Gasteiger partial charge in [-0.25, -0.2) is 0 Å². The monoisotopic (exact) mass is 354 g/mol. The molecule has 3 rings (SSSR count). The van der Waals surface area contributed by atoms with Gasteiger partial charge in [-0.1, -0.05) is 41.9 Å². The topological polar surface area (TPSA) is 61.2 Å². The molecule has 0 spiro atoms. The van der Waals surface area contributed by atoms with Gasteiger partial charge in [0, 0.05) is 5.02 Å². The summed E-state index contributed by atoms with van der Waals surface area (Å²) in [6.07, 6.45) is 1.65. The summed E-state index contributed by atoms with van der Waals surface area (Å²) < 4.78 is 0. The van der Waals surface area contributed by atoms with Gasteiger partial charge in [0.05, 0.1) is 23.1 Å². The molecule has 0 aromatic heterocycles. The van der Waals surface area contributed by atoms with Crippen LogP contribution in [0.25, 0.3) is 6.08 Å². The minimum atomic E-state index is -0.339. The van der Waals surface area contributed by atoms with Crippen LogP contribution >= 0.6 is 23.4 Å². The molecule has 1 fully saturated rings. The van der Waals surface area contributed by atoms with Gasteiger partial charge in [-0.15, -0.1) is 0 Å². The number of benzene rings is 2. The summed E-state index contributed by atoms with van der Waals surface area (Å²) in [7, 11) is 0. The molecule has 2 amide bonds. The highest BCUT2D eigenvalue weighted by Gasteiger charge is 2.35. The minimum Gasteiger partial charge on any atom is -0.268 e. The molecule has 1 aliphatic heterocycles. The lowest BCUT2D eigenvalue weighted by Gasteiger charge is -2.13. The maximum Gasteiger partial charge on any atom is 0.293 e. The molecule has 118 valence electrons. The molecule has 1 heterocycles. The fraction of sp³-hybridized carbons (Fsp3) is 0.0556. The van der Waals surface area contributed by atoms with Gasteiger partial charge in [-0.2, -0.15) is 5.26 Å². The summed E-state index contributed by atoms with van der Waals surface area (Å²) >= 11 is 7.00. The van der Waals surface area contributed by atoms with E-state index in [1.165, 1.54) is 4.90 Å². The van der Waals surface area contributed by atoms with Crippen LogP contribution in [0, 0.1) is 11.3 Å². The van der Waals surface area contributed by atoms with E-state index in [0.29, 0.717) is 15.5 Å². The number of nitrogens with zero attached hydrogens (tertiary/aromatic N) is 2. The summed E-state index contributed by atoms with van der Waals surface area (Å²) in [4.78, 5) is 26.2. The molecule has 0 unspecified atom stereocenters. The van der Waals surface area contributed by atoms with Crippen molar-refractivity contribution in [3.8, 4) is 6.07 Å². The Hall–Kier alpha value is -2.55. The van der Waals surface area contributed by atoms with Crippen LogP contribution in [0.15, 0.2) is 53.4 Å². The van der Waals surface area contributed by atoms with Crippen LogP contribution in [0.1, 0.15) is 16.7 Å². The van der Waals surface area contributed by atoms with Gasteiger partial charge in [0.1, 0.15) is 0 Å². The molecule has 6 heteroatoms. The molecule has 0 aliphatic carbocycles. The van der Waals surface area contributed by atoms with Crippen molar-refractivity contribution in [2.24, 2.45) is 0 Å². The van der Waals surface area contributed by atoms with Crippen molar-refractivity contribution in [1.29, 1.82) is 5.26 Å². The van der Waals surface area contributed by atoms with E-state index in [4.69, 9.17) is 16.9 Å². The van der Waals surface area contributed by atoms with E-state index >= 15 is 0 Å². The first-order valence-electron chi connectivity index (χ1n) is 7.07. The van der Waals surface area contributed by atoms with Crippen molar-refractivity contribution in [1.82, 2.24) is 4.90 Å². The van der Waals surface area contributed by atoms with Gasteiger partial charge in [-0.05, 0) is 47.2 Å². The van der Waals surface area contributed by atoms with E-state index < -0.39 is 0 Å². The second-order valence-electron chi connectivity index (χ2n) is 5.09. The smallest absolute Gasteiger partial charge is 0.268 e. The van der Waals surface area contributed by atoms with E-state index in [9.17, 15) is 9.59 Å². The Morgan fingerprint density at radius 1 is 1.12 bits per heavy atom. The standard InChI is InChI=1S/C18H11ClN2O2S/c19-15-4-2-1-3-14(15)11-21-17(22)16(24-18(21)23)9-12-5-7-13(10-20)8-6-12/h1-9H,11H2/b16-9+. The number of hydrogen-bond donors (Lipinski definition) is 0. The first-order valence-corrected chi connectivity index (χ1v) is 8.27. The maximum atomic E-state index is 12.5. The minimum absolute atomic E-state index is 0.148. The number of carbonyl (C=O) groups excluding carboxylic acids is 2. The number of rotatable bonds is 3. The average molecular weight is 355 g/mol. The lowest BCUT2D eigenvalue weighted by atomic mass is 10.1. The zero-order valence-electron chi connectivity index (χ0n) is 12.4. The highest BCUT2D eigenvalue weighted by atomic mass is 35.5. The molecule has 2 aromatic carbocycles. The van der Waals surface area contributed by atoms with Gasteiger partial charge in [0.2, 0.25) is 0 Å². The summed E-state index contributed by atoms with van der Waals surface area (Å²) in [5.74, 6) is -0.339. The zero-order valence-corrected chi connectivity index (χ0v) is 14.0. The lowest BCUT2D eigenvalue weighted by Crippen LogP contribution is -2.27. The molecule has 24 heavy (non-hydrogen) atoms. The van der Waals surface area contributed by atoms with Crippen LogP contribution < -0.4 is 0 Å². The van der Waals surface area contributed by atoms with Crippen molar-refractivity contribution in [2.75, 3.05) is 0 Å². The number of hydrogen-bond acceptors (Lipinski definition) is 4. The SMILES string of the molecule is N#Cc1ccc(/C=C2/SC(=O)N(Cc3ccccc3Cl)C2=O)cc1. The Morgan fingerprint density at radius 2 is 1.83 bits per heavy atom. The fourth-order valence-electron chi connectivity index (χ4n) is 2.24. The van der Waals surface area contributed by atoms with Gasteiger partial charge in [0.15, 0.2) is 0 Å². The number of carbonyl (C=O) groups is 2. The second-order valence-corrected chi connectivity index (χ2v) is 6.49. The van der Waals surface area contributed by atoms with Crippen LogP contribution in [0.4, 0.5) is 4.79 Å². The predicted molar refractivity (Wildman–Crippen MR) is 94.1 cm³/mol. The van der Waals surface area contributed by atoms with Gasteiger partial charge >= 0.3 is 0 Å². The summed E-state index contributed by atoms with van der Waals surface area (Å²) in [6, 6.07) is 16.0. The Morgan fingerprint density at radius 3 is 2.50 bits per heavy atom. The van der Waals surface area contributed by atoms with E-state index in [1.807, 2.05) is 12.1 Å². The van der Waals surface area contributed by atoms with Gasteiger partial charge < -0.3 is 0 Å². The number of halogens is 1. The number of amides is 2. The summed E-state index contributed by atoms with van der Waals surface area (Å²) in [5.41, 5.74) is 2.03. The number of nitriles is 1. The van der Waals surface area contributed by atoms with Crippen molar-refractivity contribution in [2.45, 2.75) is 6.54 Å².